The van der Waals surface area contributed by atoms with Crippen LogP contribution in [0, 0.1) is 0 Å². The van der Waals surface area contributed by atoms with Crippen molar-refractivity contribution >= 4 is 0 Å². The molecular weight excluding hydrogens is 152 g/mol. The van der Waals surface area contributed by atoms with E-state index in [1.54, 1.807) is 0 Å². The van der Waals surface area contributed by atoms with E-state index >= 15 is 0 Å². The first-order valence-electron chi connectivity index (χ1n) is 4.47. The summed E-state index contributed by atoms with van der Waals surface area (Å²) in [6.45, 7) is 6.56. The molecule has 3 heteroatoms. The van der Waals surface area contributed by atoms with E-state index in [2.05, 4.69) is 18.9 Å². The number of hydrogen-bond acceptors (Lipinski definition) is 2. The highest BCUT2D eigenvalue weighted by Gasteiger charge is 1.96. The Balaban J connectivity index is 2.31. The third kappa shape index (κ3) is 2.66. The third-order valence-corrected chi connectivity index (χ3v) is 1.62. The van der Waals surface area contributed by atoms with Crippen molar-refractivity contribution in [1.82, 2.24) is 9.78 Å². The van der Waals surface area contributed by atoms with Gasteiger partial charge in [-0.1, -0.05) is 6.92 Å². The van der Waals surface area contributed by atoms with Gasteiger partial charge in [-0.05, 0) is 19.4 Å². The molecule has 0 radical (unpaired) electrons. The SMILES string of the molecule is CCCOCc1ccn(CC)n1. The third-order valence-electron chi connectivity index (χ3n) is 1.62. The van der Waals surface area contributed by atoms with Gasteiger partial charge in [0.15, 0.2) is 0 Å². The maximum Gasteiger partial charge on any atom is 0.0906 e. The van der Waals surface area contributed by atoms with Crippen molar-refractivity contribution in [3.8, 4) is 0 Å². The molecule has 0 aliphatic heterocycles. The van der Waals surface area contributed by atoms with Crippen LogP contribution in [0.5, 0.6) is 0 Å². The number of aromatic nitrogens is 2. The summed E-state index contributed by atoms with van der Waals surface area (Å²) >= 11 is 0. The lowest BCUT2D eigenvalue weighted by Crippen LogP contribution is -1.98. The van der Waals surface area contributed by atoms with Crippen LogP contribution in [0.15, 0.2) is 12.3 Å². The van der Waals surface area contributed by atoms with E-state index in [1.807, 2.05) is 16.9 Å². The molecule has 0 aromatic carbocycles. The Morgan fingerprint density at radius 2 is 2.33 bits per heavy atom. The molecule has 0 aliphatic carbocycles. The summed E-state index contributed by atoms with van der Waals surface area (Å²) in [5, 5.41) is 4.29. The van der Waals surface area contributed by atoms with E-state index in [0.29, 0.717) is 6.61 Å². The average Bonchev–Trinajstić information content (AvgIpc) is 2.53. The van der Waals surface area contributed by atoms with E-state index in [0.717, 1.165) is 25.3 Å². The maximum absolute atomic E-state index is 5.35. The summed E-state index contributed by atoms with van der Waals surface area (Å²) in [7, 11) is 0. The second kappa shape index (κ2) is 4.93. The van der Waals surface area contributed by atoms with Crippen molar-refractivity contribution in [1.29, 1.82) is 0 Å². The molecule has 0 unspecified atom stereocenters. The zero-order chi connectivity index (χ0) is 8.81. The lowest BCUT2D eigenvalue weighted by atomic mass is 10.4. The number of nitrogens with zero attached hydrogens (tertiary/aromatic N) is 2. The Hall–Kier alpha value is -0.830. The van der Waals surface area contributed by atoms with Crippen LogP contribution in [0.2, 0.25) is 0 Å². The lowest BCUT2D eigenvalue weighted by Gasteiger charge is -1.98. The first-order chi connectivity index (χ1) is 5.86. The van der Waals surface area contributed by atoms with Crippen LogP contribution in [-0.4, -0.2) is 16.4 Å². The van der Waals surface area contributed by atoms with Gasteiger partial charge in [0, 0.05) is 19.3 Å². The fourth-order valence-electron chi connectivity index (χ4n) is 0.978. The second-order valence-electron chi connectivity index (χ2n) is 2.72. The van der Waals surface area contributed by atoms with Gasteiger partial charge in [-0.15, -0.1) is 0 Å². The molecule has 0 N–H and O–H groups in total. The van der Waals surface area contributed by atoms with Crippen molar-refractivity contribution in [2.45, 2.75) is 33.4 Å². The molecule has 0 saturated heterocycles. The molecule has 0 atom stereocenters. The van der Waals surface area contributed by atoms with Crippen LogP contribution in [0.25, 0.3) is 0 Å². The molecule has 1 aromatic heterocycles. The zero-order valence-corrected chi connectivity index (χ0v) is 7.79. The molecule has 0 bridgehead atoms. The minimum absolute atomic E-state index is 0.640. The Morgan fingerprint density at radius 1 is 1.50 bits per heavy atom. The number of hydrogen-bond donors (Lipinski definition) is 0. The smallest absolute Gasteiger partial charge is 0.0906 e. The van der Waals surface area contributed by atoms with Gasteiger partial charge < -0.3 is 4.74 Å². The summed E-state index contributed by atoms with van der Waals surface area (Å²) in [6, 6.07) is 2.00. The molecule has 12 heavy (non-hydrogen) atoms. The van der Waals surface area contributed by atoms with Crippen LogP contribution >= 0.6 is 0 Å². The molecular formula is C9H16N2O. The predicted octanol–water partition coefficient (Wildman–Crippen LogP) is 1.83. The van der Waals surface area contributed by atoms with Crippen LogP contribution < -0.4 is 0 Å². The first kappa shape index (κ1) is 9.26. The minimum atomic E-state index is 0.640. The van der Waals surface area contributed by atoms with Crippen molar-refractivity contribution in [3.63, 3.8) is 0 Å². The van der Waals surface area contributed by atoms with Crippen molar-refractivity contribution in [3.05, 3.63) is 18.0 Å². The highest BCUT2D eigenvalue weighted by atomic mass is 16.5. The normalized spacial score (nSPS) is 10.5. The Labute approximate surface area is 73.3 Å². The molecule has 68 valence electrons. The van der Waals surface area contributed by atoms with E-state index in [1.165, 1.54) is 0 Å². The summed E-state index contributed by atoms with van der Waals surface area (Å²) < 4.78 is 7.26. The first-order valence-corrected chi connectivity index (χ1v) is 4.47. The molecule has 0 aliphatic rings. The largest absolute Gasteiger partial charge is 0.375 e. The minimum Gasteiger partial charge on any atom is -0.375 e. The predicted molar refractivity (Wildman–Crippen MR) is 47.8 cm³/mol. The second-order valence-corrected chi connectivity index (χ2v) is 2.72. The standard InChI is InChI=1S/C9H16N2O/c1-3-7-12-8-9-5-6-11(4-2)10-9/h5-6H,3-4,7-8H2,1-2H3. The lowest BCUT2D eigenvalue weighted by molar-refractivity contribution is 0.118. The van der Waals surface area contributed by atoms with Crippen molar-refractivity contribution < 1.29 is 4.74 Å². The van der Waals surface area contributed by atoms with Gasteiger partial charge in [-0.2, -0.15) is 5.10 Å². The number of aryl methyl sites for hydroxylation is 1. The Bertz CT molecular complexity index is 220. The molecule has 1 rings (SSSR count). The molecule has 1 aromatic rings. The van der Waals surface area contributed by atoms with Gasteiger partial charge >= 0.3 is 0 Å². The van der Waals surface area contributed by atoms with E-state index in [-0.39, 0.29) is 0 Å². The van der Waals surface area contributed by atoms with Gasteiger partial charge in [0.05, 0.1) is 12.3 Å². The molecule has 1 heterocycles. The fraction of sp³-hybridized carbons (Fsp3) is 0.667. The van der Waals surface area contributed by atoms with Gasteiger partial charge in [-0.3, -0.25) is 4.68 Å². The molecule has 3 nitrogen and oxygen atoms in total. The van der Waals surface area contributed by atoms with Crippen LogP contribution in [0.4, 0.5) is 0 Å². The van der Waals surface area contributed by atoms with Gasteiger partial charge in [0.2, 0.25) is 0 Å². The highest BCUT2D eigenvalue weighted by Crippen LogP contribution is 1.98. The summed E-state index contributed by atoms with van der Waals surface area (Å²) in [5.74, 6) is 0. The summed E-state index contributed by atoms with van der Waals surface area (Å²) in [4.78, 5) is 0. The van der Waals surface area contributed by atoms with Crippen molar-refractivity contribution in [2.24, 2.45) is 0 Å². The van der Waals surface area contributed by atoms with E-state index in [9.17, 15) is 0 Å². The van der Waals surface area contributed by atoms with Crippen LogP contribution in [-0.2, 0) is 17.9 Å². The Morgan fingerprint density at radius 3 is 2.92 bits per heavy atom. The summed E-state index contributed by atoms with van der Waals surface area (Å²) in [5.41, 5.74) is 1.02. The van der Waals surface area contributed by atoms with Gasteiger partial charge in [0.25, 0.3) is 0 Å². The zero-order valence-electron chi connectivity index (χ0n) is 7.79. The quantitative estimate of drug-likeness (QED) is 0.627. The molecule has 0 fully saturated rings. The van der Waals surface area contributed by atoms with Crippen LogP contribution in [0.1, 0.15) is 26.0 Å². The number of ether oxygens (including phenoxy) is 1. The average molecular weight is 168 g/mol. The fourth-order valence-corrected chi connectivity index (χ4v) is 0.978. The monoisotopic (exact) mass is 168 g/mol. The van der Waals surface area contributed by atoms with Gasteiger partial charge in [0.1, 0.15) is 0 Å². The molecule has 0 saturated carbocycles. The topological polar surface area (TPSA) is 27.1 Å². The number of rotatable bonds is 5. The highest BCUT2D eigenvalue weighted by molar-refractivity contribution is 4.96. The molecule has 0 amide bonds. The van der Waals surface area contributed by atoms with Crippen LogP contribution in [0.3, 0.4) is 0 Å². The molecule has 0 spiro atoms. The van der Waals surface area contributed by atoms with Crippen molar-refractivity contribution in [2.75, 3.05) is 6.61 Å². The maximum atomic E-state index is 5.35. The van der Waals surface area contributed by atoms with E-state index < -0.39 is 0 Å². The van der Waals surface area contributed by atoms with Gasteiger partial charge in [-0.25, -0.2) is 0 Å². The Kier molecular flexibility index (Phi) is 3.80. The van der Waals surface area contributed by atoms with E-state index in [4.69, 9.17) is 4.74 Å². The summed E-state index contributed by atoms with van der Waals surface area (Å²) in [6.07, 6.45) is 3.04.